The van der Waals surface area contributed by atoms with E-state index in [1.165, 1.54) is 180 Å². The number of rotatable bonds is 50. The van der Waals surface area contributed by atoms with Gasteiger partial charge in [-0.2, -0.15) is 0 Å². The van der Waals surface area contributed by atoms with E-state index in [4.69, 9.17) is 18.9 Å². The lowest BCUT2D eigenvalue weighted by atomic mass is 9.97. The predicted molar refractivity (Wildman–Crippen MR) is 305 cm³/mol. The van der Waals surface area contributed by atoms with Gasteiger partial charge in [0, 0.05) is 6.42 Å². The largest absolute Gasteiger partial charge is 0.394 e. The number of carbonyl (C=O) groups is 1. The molecule has 9 N–H and O–H groups in total. The molecule has 0 spiro atoms. The van der Waals surface area contributed by atoms with Crippen molar-refractivity contribution in [3.05, 3.63) is 36.5 Å². The molecule has 2 saturated heterocycles. The van der Waals surface area contributed by atoms with Gasteiger partial charge in [-0.05, 0) is 44.9 Å². The fraction of sp³-hybridized carbons (Fsp3) is 0.887. The highest BCUT2D eigenvalue weighted by Gasteiger charge is 2.51. The third-order valence-corrected chi connectivity index (χ3v) is 15.3. The third-order valence-electron chi connectivity index (χ3n) is 15.3. The molecule has 14 nitrogen and oxygen atoms in total. The number of nitrogens with one attached hydrogen (secondary N) is 1. The van der Waals surface area contributed by atoms with E-state index in [1.54, 1.807) is 6.08 Å². The number of hydrogen-bond acceptors (Lipinski definition) is 13. The van der Waals surface area contributed by atoms with Crippen molar-refractivity contribution in [3.63, 3.8) is 0 Å². The second-order valence-electron chi connectivity index (χ2n) is 22.2. The van der Waals surface area contributed by atoms with Crippen LogP contribution in [-0.4, -0.2) is 140 Å². The zero-order chi connectivity index (χ0) is 55.3. The van der Waals surface area contributed by atoms with Crippen molar-refractivity contribution in [2.75, 3.05) is 19.8 Å². The normalized spacial score (nSPS) is 25.1. The first-order chi connectivity index (χ1) is 37.1. The minimum absolute atomic E-state index is 0.251. The molecule has 2 aliphatic heterocycles. The van der Waals surface area contributed by atoms with Gasteiger partial charge >= 0.3 is 0 Å². The number of hydrogen-bond donors (Lipinski definition) is 9. The minimum Gasteiger partial charge on any atom is -0.394 e. The highest BCUT2D eigenvalue weighted by molar-refractivity contribution is 5.76. The van der Waals surface area contributed by atoms with Gasteiger partial charge in [0.05, 0.1) is 32.0 Å². The molecular weight excluding hydrogens is 967 g/mol. The molecule has 14 heteroatoms. The van der Waals surface area contributed by atoms with Gasteiger partial charge in [-0.15, -0.1) is 0 Å². The summed E-state index contributed by atoms with van der Waals surface area (Å²) in [6.45, 7) is 2.80. The number of allylic oxidation sites excluding steroid dienone is 5. The molecule has 76 heavy (non-hydrogen) atoms. The maximum Gasteiger partial charge on any atom is 0.220 e. The van der Waals surface area contributed by atoms with Crippen LogP contribution < -0.4 is 5.32 Å². The molecule has 12 unspecified atom stereocenters. The maximum absolute atomic E-state index is 13.2. The summed E-state index contributed by atoms with van der Waals surface area (Å²) in [4.78, 5) is 13.2. The molecule has 0 aromatic carbocycles. The van der Waals surface area contributed by atoms with Crippen LogP contribution in [0, 0.1) is 0 Å². The Morgan fingerprint density at radius 3 is 1.29 bits per heavy atom. The number of carbonyl (C=O) groups excluding carboxylic acids is 1. The standard InChI is InChI=1S/C62H115NO13/c1-3-5-7-9-11-13-15-17-19-20-21-22-23-24-25-26-27-28-29-30-32-33-35-37-39-41-43-45-51(66)50(63-54(67)46-44-42-40-38-36-34-31-18-16-14-12-10-8-6-4-2)49-73-61-59(72)57(70)60(53(48-65)75-61)76-62-58(71)56(69)55(68)52(47-64)74-62/h29-30,35,37,43,45,50-53,55-62,64-66,68-72H,3-28,31-34,36,38-42,44,46-49H2,1-2H3,(H,63,67)/b30-29+,37-35+,45-43+. The van der Waals surface area contributed by atoms with Crippen LogP contribution in [0.1, 0.15) is 258 Å². The van der Waals surface area contributed by atoms with Gasteiger partial charge in [0.2, 0.25) is 5.91 Å². The predicted octanol–water partition coefficient (Wildman–Crippen LogP) is 11.0. The Morgan fingerprint density at radius 1 is 0.461 bits per heavy atom. The lowest BCUT2D eigenvalue weighted by molar-refractivity contribution is -0.359. The Kier molecular flexibility index (Phi) is 44.4. The third kappa shape index (κ3) is 33.1. The van der Waals surface area contributed by atoms with Gasteiger partial charge in [0.25, 0.3) is 0 Å². The summed E-state index contributed by atoms with van der Waals surface area (Å²) in [5, 5.41) is 87.1. The average Bonchev–Trinajstić information content (AvgIpc) is 3.42. The summed E-state index contributed by atoms with van der Waals surface area (Å²) in [6.07, 6.45) is 42.0. The van der Waals surface area contributed by atoms with Gasteiger partial charge in [-0.25, -0.2) is 0 Å². The second kappa shape index (κ2) is 48.0. The van der Waals surface area contributed by atoms with Gasteiger partial charge in [-0.1, -0.05) is 243 Å². The Hall–Kier alpha value is -1.79. The van der Waals surface area contributed by atoms with E-state index in [0.29, 0.717) is 12.8 Å². The van der Waals surface area contributed by atoms with Crippen LogP contribution in [0.5, 0.6) is 0 Å². The van der Waals surface area contributed by atoms with E-state index in [1.807, 2.05) is 6.08 Å². The van der Waals surface area contributed by atoms with Gasteiger partial charge in [0.1, 0.15) is 48.8 Å². The summed E-state index contributed by atoms with van der Waals surface area (Å²) in [5.74, 6) is -0.251. The SMILES string of the molecule is CCCCCCCCCCCCCCCCCCC/C=C/CC/C=C/CC/C=C/C(O)C(COC1OC(CO)C(OC2OC(CO)C(O)C(O)C2O)C(O)C1O)NC(=O)CCCCCCCCCCCCCCCCC. The van der Waals surface area contributed by atoms with Crippen molar-refractivity contribution in [1.82, 2.24) is 5.32 Å². The first-order valence-corrected chi connectivity index (χ1v) is 31.2. The molecule has 12 atom stereocenters. The molecule has 0 aromatic heterocycles. The summed E-state index contributed by atoms with van der Waals surface area (Å²) >= 11 is 0. The number of unbranched alkanes of at least 4 members (excludes halogenated alkanes) is 33. The molecule has 0 radical (unpaired) electrons. The summed E-state index contributed by atoms with van der Waals surface area (Å²) < 4.78 is 22.8. The fourth-order valence-corrected chi connectivity index (χ4v) is 10.3. The molecule has 2 aliphatic rings. The van der Waals surface area contributed by atoms with Crippen molar-refractivity contribution in [2.24, 2.45) is 0 Å². The molecule has 2 fully saturated rings. The smallest absolute Gasteiger partial charge is 0.220 e. The number of ether oxygens (including phenoxy) is 4. The average molecular weight is 1080 g/mol. The van der Waals surface area contributed by atoms with E-state index in [-0.39, 0.29) is 18.9 Å². The second-order valence-corrected chi connectivity index (χ2v) is 22.2. The van der Waals surface area contributed by atoms with Crippen molar-refractivity contribution in [3.8, 4) is 0 Å². The first kappa shape index (κ1) is 70.3. The molecule has 446 valence electrons. The molecule has 0 aliphatic carbocycles. The van der Waals surface area contributed by atoms with Crippen molar-refractivity contribution in [2.45, 2.75) is 331 Å². The summed E-state index contributed by atoms with van der Waals surface area (Å²) in [5.41, 5.74) is 0. The maximum atomic E-state index is 13.2. The monoisotopic (exact) mass is 1080 g/mol. The number of aliphatic hydroxyl groups excluding tert-OH is 8. The van der Waals surface area contributed by atoms with Crippen LogP contribution in [0.2, 0.25) is 0 Å². The highest BCUT2D eigenvalue weighted by Crippen LogP contribution is 2.30. The van der Waals surface area contributed by atoms with Crippen LogP contribution in [-0.2, 0) is 23.7 Å². The summed E-state index contributed by atoms with van der Waals surface area (Å²) in [7, 11) is 0. The molecule has 1 amide bonds. The quantitative estimate of drug-likeness (QED) is 0.0204. The van der Waals surface area contributed by atoms with Crippen LogP contribution in [0.4, 0.5) is 0 Å². The van der Waals surface area contributed by atoms with E-state index in [9.17, 15) is 45.6 Å². The van der Waals surface area contributed by atoms with E-state index >= 15 is 0 Å². The highest BCUT2D eigenvalue weighted by atomic mass is 16.7. The molecule has 2 heterocycles. The lowest BCUT2D eigenvalue weighted by Gasteiger charge is -2.46. The Bertz CT molecular complexity index is 1410. The van der Waals surface area contributed by atoms with Crippen molar-refractivity contribution >= 4 is 5.91 Å². The molecular formula is C62H115NO13. The number of aliphatic hydroxyl groups is 8. The molecule has 0 saturated carbocycles. The van der Waals surface area contributed by atoms with Crippen LogP contribution in [0.15, 0.2) is 36.5 Å². The fourth-order valence-electron chi connectivity index (χ4n) is 10.3. The van der Waals surface area contributed by atoms with E-state index < -0.39 is 86.8 Å². The first-order valence-electron chi connectivity index (χ1n) is 31.2. The Morgan fingerprint density at radius 2 is 0.842 bits per heavy atom. The van der Waals surface area contributed by atoms with Crippen LogP contribution in [0.3, 0.4) is 0 Å². The van der Waals surface area contributed by atoms with Crippen LogP contribution in [0.25, 0.3) is 0 Å². The topological polar surface area (TPSA) is 228 Å². The van der Waals surface area contributed by atoms with Crippen LogP contribution >= 0.6 is 0 Å². The van der Waals surface area contributed by atoms with Crippen molar-refractivity contribution in [1.29, 1.82) is 0 Å². The van der Waals surface area contributed by atoms with Gasteiger partial charge < -0.3 is 65.1 Å². The van der Waals surface area contributed by atoms with E-state index in [0.717, 1.165) is 44.9 Å². The Labute approximate surface area is 461 Å². The van der Waals surface area contributed by atoms with Gasteiger partial charge in [0.15, 0.2) is 12.6 Å². The molecule has 2 rings (SSSR count). The molecule has 0 aromatic rings. The zero-order valence-corrected chi connectivity index (χ0v) is 48.0. The minimum atomic E-state index is -1.79. The van der Waals surface area contributed by atoms with E-state index in [2.05, 4.69) is 43.5 Å². The number of amides is 1. The Balaban J connectivity index is 1.75. The molecule has 0 bridgehead atoms. The van der Waals surface area contributed by atoms with Crippen molar-refractivity contribution < 1.29 is 64.6 Å². The lowest BCUT2D eigenvalue weighted by Crippen LogP contribution is -2.65. The summed E-state index contributed by atoms with van der Waals surface area (Å²) in [6, 6.07) is -0.935. The zero-order valence-electron chi connectivity index (χ0n) is 48.0. The van der Waals surface area contributed by atoms with Gasteiger partial charge in [-0.3, -0.25) is 4.79 Å².